The van der Waals surface area contributed by atoms with Crippen molar-refractivity contribution in [2.45, 2.75) is 45.3 Å². The lowest BCUT2D eigenvalue weighted by Gasteiger charge is -2.20. The molecule has 0 aromatic carbocycles. The second kappa shape index (κ2) is 6.90. The minimum atomic E-state index is -0.467. The standard InChI is InChI=1S/C13H24N2O/c1-10(2)8-12(14)13(16)9-15-7-3-4-11-5-6-11/h10-13,15-16H,5-9,14H2,1-2H3. The molecule has 0 aliphatic heterocycles. The molecule has 0 saturated heterocycles. The largest absolute Gasteiger partial charge is 0.390 e. The van der Waals surface area contributed by atoms with Crippen LogP contribution in [0.4, 0.5) is 0 Å². The lowest BCUT2D eigenvalue weighted by Crippen LogP contribution is -2.42. The summed E-state index contributed by atoms with van der Waals surface area (Å²) in [6, 6.07) is -0.135. The fourth-order valence-electron chi connectivity index (χ4n) is 1.56. The van der Waals surface area contributed by atoms with Crippen LogP contribution in [0.15, 0.2) is 0 Å². The van der Waals surface area contributed by atoms with E-state index in [1.54, 1.807) is 0 Å². The highest BCUT2D eigenvalue weighted by Crippen LogP contribution is 2.27. The molecule has 3 heteroatoms. The molecular weight excluding hydrogens is 200 g/mol. The molecule has 1 aliphatic rings. The first-order valence-electron chi connectivity index (χ1n) is 6.22. The number of nitrogens with two attached hydrogens (primary N) is 1. The Labute approximate surface area is 98.8 Å². The summed E-state index contributed by atoms with van der Waals surface area (Å²) in [6.07, 6.45) is 2.91. The summed E-state index contributed by atoms with van der Waals surface area (Å²) >= 11 is 0. The van der Waals surface area contributed by atoms with Crippen LogP contribution in [0.1, 0.15) is 33.1 Å². The van der Waals surface area contributed by atoms with Crippen molar-refractivity contribution in [1.29, 1.82) is 0 Å². The van der Waals surface area contributed by atoms with Crippen molar-refractivity contribution in [2.24, 2.45) is 17.6 Å². The highest BCUT2D eigenvalue weighted by molar-refractivity contribution is 5.10. The Morgan fingerprint density at radius 3 is 2.69 bits per heavy atom. The molecule has 3 nitrogen and oxygen atoms in total. The number of aliphatic hydroxyl groups is 1. The third kappa shape index (κ3) is 6.12. The van der Waals surface area contributed by atoms with Gasteiger partial charge in [-0.3, -0.25) is 0 Å². The summed E-state index contributed by atoms with van der Waals surface area (Å²) in [6.45, 7) is 5.41. The van der Waals surface area contributed by atoms with E-state index in [-0.39, 0.29) is 6.04 Å². The topological polar surface area (TPSA) is 58.3 Å². The first-order chi connectivity index (χ1) is 7.59. The van der Waals surface area contributed by atoms with E-state index in [1.165, 1.54) is 12.8 Å². The Morgan fingerprint density at radius 1 is 1.44 bits per heavy atom. The molecule has 0 aromatic heterocycles. The Morgan fingerprint density at radius 2 is 2.12 bits per heavy atom. The fourth-order valence-corrected chi connectivity index (χ4v) is 1.56. The van der Waals surface area contributed by atoms with Gasteiger partial charge in [0, 0.05) is 18.5 Å². The second-order valence-corrected chi connectivity index (χ2v) is 5.09. The van der Waals surface area contributed by atoms with Gasteiger partial charge < -0.3 is 16.2 Å². The highest BCUT2D eigenvalue weighted by Gasteiger charge is 2.17. The van der Waals surface area contributed by atoms with Crippen molar-refractivity contribution < 1.29 is 5.11 Å². The minimum absolute atomic E-state index is 0.135. The van der Waals surface area contributed by atoms with Crippen LogP contribution in [0.2, 0.25) is 0 Å². The van der Waals surface area contributed by atoms with E-state index in [0.29, 0.717) is 24.9 Å². The quantitative estimate of drug-likeness (QED) is 0.460. The maximum absolute atomic E-state index is 9.75. The molecule has 0 aromatic rings. The van der Waals surface area contributed by atoms with E-state index in [1.807, 2.05) is 0 Å². The van der Waals surface area contributed by atoms with Gasteiger partial charge in [-0.15, -0.1) is 0 Å². The molecule has 1 rings (SSSR count). The highest BCUT2D eigenvalue weighted by atomic mass is 16.3. The van der Waals surface area contributed by atoms with E-state index in [2.05, 4.69) is 31.0 Å². The molecule has 1 fully saturated rings. The van der Waals surface area contributed by atoms with Crippen LogP contribution in [0.25, 0.3) is 0 Å². The molecule has 16 heavy (non-hydrogen) atoms. The molecule has 92 valence electrons. The zero-order valence-corrected chi connectivity index (χ0v) is 10.4. The van der Waals surface area contributed by atoms with Crippen molar-refractivity contribution in [3.8, 4) is 11.8 Å². The van der Waals surface area contributed by atoms with E-state index in [0.717, 1.165) is 6.42 Å². The van der Waals surface area contributed by atoms with Crippen molar-refractivity contribution >= 4 is 0 Å². The molecule has 0 amide bonds. The molecule has 1 saturated carbocycles. The number of hydrogen-bond donors (Lipinski definition) is 3. The summed E-state index contributed by atoms with van der Waals surface area (Å²) in [7, 11) is 0. The van der Waals surface area contributed by atoms with Crippen LogP contribution in [0.3, 0.4) is 0 Å². The van der Waals surface area contributed by atoms with Crippen molar-refractivity contribution in [1.82, 2.24) is 5.32 Å². The molecule has 0 heterocycles. The summed E-state index contributed by atoms with van der Waals surface area (Å²) < 4.78 is 0. The first-order valence-corrected chi connectivity index (χ1v) is 6.22. The number of rotatable bonds is 6. The van der Waals surface area contributed by atoms with Crippen LogP contribution in [0.5, 0.6) is 0 Å². The Balaban J connectivity index is 2.04. The number of aliphatic hydroxyl groups excluding tert-OH is 1. The smallest absolute Gasteiger partial charge is 0.0815 e. The molecule has 0 spiro atoms. The molecule has 0 radical (unpaired) electrons. The van der Waals surface area contributed by atoms with Crippen LogP contribution in [-0.4, -0.2) is 30.3 Å². The Bertz CT molecular complexity index is 250. The Hall–Kier alpha value is -0.560. The van der Waals surface area contributed by atoms with Gasteiger partial charge in [-0.1, -0.05) is 25.7 Å². The minimum Gasteiger partial charge on any atom is -0.390 e. The number of nitrogens with one attached hydrogen (secondary N) is 1. The van der Waals surface area contributed by atoms with Gasteiger partial charge >= 0.3 is 0 Å². The number of hydrogen-bond acceptors (Lipinski definition) is 3. The zero-order chi connectivity index (χ0) is 12.0. The van der Waals surface area contributed by atoms with Crippen LogP contribution >= 0.6 is 0 Å². The van der Waals surface area contributed by atoms with Gasteiger partial charge in [0.25, 0.3) is 0 Å². The fraction of sp³-hybridized carbons (Fsp3) is 0.846. The van der Waals surface area contributed by atoms with Crippen molar-refractivity contribution in [3.63, 3.8) is 0 Å². The maximum atomic E-state index is 9.75. The van der Waals surface area contributed by atoms with Crippen LogP contribution < -0.4 is 11.1 Å². The summed E-state index contributed by atoms with van der Waals surface area (Å²) in [5, 5.41) is 12.9. The van der Waals surface area contributed by atoms with Gasteiger partial charge in [0.15, 0.2) is 0 Å². The molecule has 2 unspecified atom stereocenters. The predicted molar refractivity (Wildman–Crippen MR) is 66.8 cm³/mol. The molecule has 4 N–H and O–H groups in total. The Kier molecular flexibility index (Phi) is 5.83. The van der Waals surface area contributed by atoms with Crippen molar-refractivity contribution in [2.75, 3.05) is 13.1 Å². The van der Waals surface area contributed by atoms with Gasteiger partial charge in [-0.05, 0) is 25.2 Å². The molecule has 2 atom stereocenters. The van der Waals surface area contributed by atoms with E-state index >= 15 is 0 Å². The monoisotopic (exact) mass is 224 g/mol. The normalized spacial score (nSPS) is 19.1. The third-order valence-corrected chi connectivity index (χ3v) is 2.69. The van der Waals surface area contributed by atoms with Crippen LogP contribution in [-0.2, 0) is 0 Å². The van der Waals surface area contributed by atoms with E-state index in [4.69, 9.17) is 5.73 Å². The predicted octanol–water partition coefficient (Wildman–Crippen LogP) is 0.724. The van der Waals surface area contributed by atoms with Crippen LogP contribution in [0, 0.1) is 23.7 Å². The average molecular weight is 224 g/mol. The molecule has 0 bridgehead atoms. The van der Waals surface area contributed by atoms with E-state index < -0.39 is 6.10 Å². The molecule has 1 aliphatic carbocycles. The molecular formula is C13H24N2O. The average Bonchev–Trinajstić information content (AvgIpc) is 2.99. The summed E-state index contributed by atoms with van der Waals surface area (Å²) in [5.74, 6) is 7.41. The second-order valence-electron chi connectivity index (χ2n) is 5.09. The van der Waals surface area contributed by atoms with Gasteiger partial charge in [-0.25, -0.2) is 0 Å². The third-order valence-electron chi connectivity index (χ3n) is 2.69. The van der Waals surface area contributed by atoms with E-state index in [9.17, 15) is 5.11 Å². The van der Waals surface area contributed by atoms with Gasteiger partial charge in [-0.2, -0.15) is 0 Å². The summed E-state index contributed by atoms with van der Waals surface area (Å²) in [5.41, 5.74) is 5.87. The zero-order valence-electron chi connectivity index (χ0n) is 10.4. The maximum Gasteiger partial charge on any atom is 0.0815 e. The van der Waals surface area contributed by atoms with Gasteiger partial charge in [0.05, 0.1) is 12.6 Å². The van der Waals surface area contributed by atoms with Gasteiger partial charge in [0.2, 0.25) is 0 Å². The first kappa shape index (κ1) is 13.5. The van der Waals surface area contributed by atoms with Crippen molar-refractivity contribution in [3.05, 3.63) is 0 Å². The van der Waals surface area contributed by atoms with Gasteiger partial charge in [0.1, 0.15) is 0 Å². The lowest BCUT2D eigenvalue weighted by atomic mass is 10.00. The lowest BCUT2D eigenvalue weighted by molar-refractivity contribution is 0.133. The summed E-state index contributed by atoms with van der Waals surface area (Å²) in [4.78, 5) is 0. The SMILES string of the molecule is CC(C)CC(N)C(O)CNCC#CC1CC1.